The molecule has 1 unspecified atom stereocenters. The summed E-state index contributed by atoms with van der Waals surface area (Å²) < 4.78 is 13.3. The van der Waals surface area contributed by atoms with Gasteiger partial charge >= 0.3 is 0 Å². The van der Waals surface area contributed by atoms with Crippen LogP contribution in [0, 0.1) is 11.8 Å². The van der Waals surface area contributed by atoms with Gasteiger partial charge in [0.25, 0.3) is 0 Å². The summed E-state index contributed by atoms with van der Waals surface area (Å²) in [7, 11) is 1.55. The lowest BCUT2D eigenvalue weighted by molar-refractivity contribution is -0.127. The molecule has 0 spiro atoms. The maximum Gasteiger partial charge on any atom is 0.174 e. The van der Waals surface area contributed by atoms with Crippen LogP contribution < -0.4 is 15.2 Å². The molecule has 3 aromatic rings. The minimum Gasteiger partial charge on any atom is -0.495 e. The van der Waals surface area contributed by atoms with Gasteiger partial charge in [0.2, 0.25) is 0 Å². The Morgan fingerprint density at radius 2 is 1.84 bits per heavy atom. The highest BCUT2D eigenvalue weighted by Gasteiger charge is 2.76. The SMILES string of the molecule is COc1cncc2c1[C@]1(O)C(CN)[C@H](CO)[C@@H](c3ccccc3)[C@]1(c1ccc(Br)cc1)O2. The number of hydrogen-bond acceptors (Lipinski definition) is 6. The second-order valence-corrected chi connectivity index (χ2v) is 9.32. The van der Waals surface area contributed by atoms with Gasteiger partial charge in [-0.05, 0) is 29.8 Å². The van der Waals surface area contributed by atoms with Crippen LogP contribution in [0.25, 0.3) is 0 Å². The summed E-state index contributed by atoms with van der Waals surface area (Å²) in [5.41, 5.74) is 5.81. The average Bonchev–Trinajstić information content (AvgIpc) is 3.21. The first-order valence-electron chi connectivity index (χ1n) is 10.6. The lowest BCUT2D eigenvalue weighted by atomic mass is 9.70. The van der Waals surface area contributed by atoms with E-state index in [9.17, 15) is 10.2 Å². The molecule has 0 radical (unpaired) electrons. The number of pyridine rings is 1. The van der Waals surface area contributed by atoms with Crippen molar-refractivity contribution < 1.29 is 19.7 Å². The second kappa shape index (κ2) is 7.85. The third-order valence-electron chi connectivity index (χ3n) is 7.13. The molecule has 6 nitrogen and oxygen atoms in total. The Labute approximate surface area is 195 Å². The van der Waals surface area contributed by atoms with Crippen molar-refractivity contribution in [1.82, 2.24) is 4.98 Å². The Morgan fingerprint density at radius 3 is 2.47 bits per heavy atom. The van der Waals surface area contributed by atoms with Gasteiger partial charge in [0, 0.05) is 28.8 Å². The molecule has 1 aromatic heterocycles. The van der Waals surface area contributed by atoms with E-state index < -0.39 is 17.1 Å². The number of methoxy groups -OCH3 is 1. The molecule has 166 valence electrons. The third-order valence-corrected chi connectivity index (χ3v) is 7.66. The second-order valence-electron chi connectivity index (χ2n) is 8.40. The fourth-order valence-electron chi connectivity index (χ4n) is 5.95. The number of fused-ring (bicyclic) bond motifs is 3. The number of ether oxygens (including phenoxy) is 2. The number of nitrogens with zero attached hydrogens (tertiary/aromatic N) is 1. The molecule has 1 aliphatic heterocycles. The maximum absolute atomic E-state index is 12.7. The van der Waals surface area contributed by atoms with Gasteiger partial charge < -0.3 is 25.4 Å². The van der Waals surface area contributed by atoms with Crippen molar-refractivity contribution in [3.63, 3.8) is 0 Å². The fraction of sp³-hybridized carbons (Fsp3) is 0.320. The fourth-order valence-corrected chi connectivity index (χ4v) is 6.21. The van der Waals surface area contributed by atoms with Crippen molar-refractivity contribution in [3.8, 4) is 11.5 Å². The van der Waals surface area contributed by atoms with Crippen LogP contribution in [0.3, 0.4) is 0 Å². The van der Waals surface area contributed by atoms with Crippen molar-refractivity contribution in [1.29, 1.82) is 0 Å². The minimum atomic E-state index is -1.55. The molecule has 7 heteroatoms. The predicted octanol–water partition coefficient (Wildman–Crippen LogP) is 3.31. The minimum absolute atomic E-state index is 0.145. The number of nitrogens with two attached hydrogens (primary N) is 1. The van der Waals surface area contributed by atoms with Crippen molar-refractivity contribution in [3.05, 3.63) is 88.2 Å². The van der Waals surface area contributed by atoms with Crippen molar-refractivity contribution in [2.45, 2.75) is 17.1 Å². The van der Waals surface area contributed by atoms with Crippen LogP contribution >= 0.6 is 15.9 Å². The normalized spacial score (nSPS) is 30.5. The quantitative estimate of drug-likeness (QED) is 0.501. The van der Waals surface area contributed by atoms with Crippen molar-refractivity contribution >= 4 is 15.9 Å². The molecule has 1 saturated carbocycles. The molecule has 2 aromatic carbocycles. The summed E-state index contributed by atoms with van der Waals surface area (Å²) >= 11 is 3.51. The Balaban J connectivity index is 1.88. The molecule has 0 amide bonds. The number of aliphatic hydroxyl groups excluding tert-OH is 1. The molecule has 1 aliphatic carbocycles. The van der Waals surface area contributed by atoms with Crippen molar-refractivity contribution in [2.24, 2.45) is 17.6 Å². The van der Waals surface area contributed by atoms with Crippen LogP contribution in [0.5, 0.6) is 11.5 Å². The molecule has 2 heterocycles. The first-order chi connectivity index (χ1) is 15.5. The Morgan fingerprint density at radius 1 is 1.12 bits per heavy atom. The van der Waals surface area contributed by atoms with Crippen LogP contribution in [-0.2, 0) is 11.2 Å². The molecule has 5 rings (SSSR count). The van der Waals surface area contributed by atoms with E-state index in [1.807, 2.05) is 54.6 Å². The smallest absolute Gasteiger partial charge is 0.174 e. The van der Waals surface area contributed by atoms with Crippen LogP contribution in [0.4, 0.5) is 0 Å². The van der Waals surface area contributed by atoms with Crippen molar-refractivity contribution in [2.75, 3.05) is 20.3 Å². The van der Waals surface area contributed by atoms with Gasteiger partial charge in [-0.2, -0.15) is 0 Å². The molecule has 32 heavy (non-hydrogen) atoms. The van der Waals surface area contributed by atoms with E-state index >= 15 is 0 Å². The first-order valence-corrected chi connectivity index (χ1v) is 11.4. The largest absolute Gasteiger partial charge is 0.495 e. The number of rotatable bonds is 5. The lowest BCUT2D eigenvalue weighted by Crippen LogP contribution is -2.51. The number of halogens is 1. The van der Waals surface area contributed by atoms with E-state index in [1.54, 1.807) is 19.5 Å². The maximum atomic E-state index is 12.7. The molecular formula is C25H25BrN2O4. The van der Waals surface area contributed by atoms with E-state index in [2.05, 4.69) is 20.9 Å². The molecular weight excluding hydrogens is 472 g/mol. The van der Waals surface area contributed by atoms with Crippen LogP contribution in [0.15, 0.2) is 71.5 Å². The van der Waals surface area contributed by atoms with Gasteiger partial charge in [0.15, 0.2) is 5.60 Å². The van der Waals surface area contributed by atoms with E-state index in [0.29, 0.717) is 17.1 Å². The zero-order valence-corrected chi connectivity index (χ0v) is 19.2. The van der Waals surface area contributed by atoms with Crippen LogP contribution in [0.1, 0.15) is 22.6 Å². The molecule has 5 atom stereocenters. The van der Waals surface area contributed by atoms with Gasteiger partial charge in [-0.15, -0.1) is 0 Å². The average molecular weight is 497 g/mol. The molecule has 4 N–H and O–H groups in total. The lowest BCUT2D eigenvalue weighted by Gasteiger charge is -2.41. The standard InChI is InChI=1S/C25H25BrN2O4/c1-31-20-12-28-13-21-23(20)24(30)19(11-27)18(14-29)22(15-5-3-2-4-6-15)25(24,32-21)16-7-9-17(26)10-8-16/h2-10,12-13,18-19,22,29-30H,11,14,27H2,1H3/t18-,19?,22+,24+,25-/m0/s1. The summed E-state index contributed by atoms with van der Waals surface area (Å²) in [6.07, 6.45) is 3.19. The predicted molar refractivity (Wildman–Crippen MR) is 123 cm³/mol. The van der Waals surface area contributed by atoms with E-state index in [0.717, 1.165) is 15.6 Å². The Kier molecular flexibility index (Phi) is 5.25. The zero-order valence-electron chi connectivity index (χ0n) is 17.6. The summed E-state index contributed by atoms with van der Waals surface area (Å²) in [5, 5.41) is 23.3. The summed E-state index contributed by atoms with van der Waals surface area (Å²) in [5.74, 6) is -0.301. The van der Waals surface area contributed by atoms with Gasteiger partial charge in [0.1, 0.15) is 17.1 Å². The van der Waals surface area contributed by atoms with Gasteiger partial charge in [-0.1, -0.05) is 58.4 Å². The van der Waals surface area contributed by atoms with Gasteiger partial charge in [0.05, 0.1) is 25.1 Å². The van der Waals surface area contributed by atoms with Crippen LogP contribution in [-0.4, -0.2) is 35.5 Å². The number of aromatic nitrogens is 1. The summed E-state index contributed by atoms with van der Waals surface area (Å²) in [4.78, 5) is 4.26. The molecule has 1 fully saturated rings. The van der Waals surface area contributed by atoms with Gasteiger partial charge in [-0.3, -0.25) is 4.98 Å². The Hall–Kier alpha value is -2.45. The number of hydrogen-bond donors (Lipinski definition) is 3. The van der Waals surface area contributed by atoms with Crippen LogP contribution in [0.2, 0.25) is 0 Å². The van der Waals surface area contributed by atoms with E-state index in [4.69, 9.17) is 15.2 Å². The number of benzene rings is 2. The first kappa shape index (κ1) is 21.4. The van der Waals surface area contributed by atoms with E-state index in [1.165, 1.54) is 0 Å². The summed E-state index contributed by atoms with van der Waals surface area (Å²) in [6, 6.07) is 17.6. The molecule has 0 bridgehead atoms. The molecule has 0 saturated heterocycles. The van der Waals surface area contributed by atoms with E-state index in [-0.39, 0.29) is 25.0 Å². The van der Waals surface area contributed by atoms with Gasteiger partial charge in [-0.25, -0.2) is 0 Å². The summed E-state index contributed by atoms with van der Waals surface area (Å²) in [6.45, 7) is 0.0196. The topological polar surface area (TPSA) is 97.8 Å². The number of aliphatic hydroxyl groups is 2. The molecule has 2 aliphatic rings. The third kappa shape index (κ3) is 2.65. The zero-order chi connectivity index (χ0) is 22.5. The monoisotopic (exact) mass is 496 g/mol. The highest BCUT2D eigenvalue weighted by molar-refractivity contribution is 9.10. The highest BCUT2D eigenvalue weighted by atomic mass is 79.9. The highest BCUT2D eigenvalue weighted by Crippen LogP contribution is 2.71. The Bertz CT molecular complexity index is 1130.